The smallest absolute Gasteiger partial charge is 0.347 e. The van der Waals surface area contributed by atoms with Crippen LogP contribution in [-0.4, -0.2) is 35.4 Å². The summed E-state index contributed by atoms with van der Waals surface area (Å²) in [6.45, 7) is 3.27. The molecule has 1 fully saturated rings. The van der Waals surface area contributed by atoms with Crippen molar-refractivity contribution in [3.05, 3.63) is 112 Å². The normalized spacial score (nSPS) is 15.0. The molecule has 2 N–H and O–H groups in total. The van der Waals surface area contributed by atoms with E-state index in [0.717, 1.165) is 11.1 Å². The number of ketones is 1. The van der Waals surface area contributed by atoms with Crippen molar-refractivity contribution in [1.82, 2.24) is 15.3 Å². The van der Waals surface area contributed by atoms with Crippen LogP contribution in [0.25, 0.3) is 22.2 Å². The molecule has 0 radical (unpaired) electrons. The lowest BCUT2D eigenvalue weighted by molar-refractivity contribution is 0.0277. The first kappa shape index (κ1) is 27.3. The average Bonchev–Trinajstić information content (AvgIpc) is 3.00. The van der Waals surface area contributed by atoms with Crippen LogP contribution in [-0.2, 0) is 11.3 Å². The first-order valence-electron chi connectivity index (χ1n) is 13.5. The summed E-state index contributed by atoms with van der Waals surface area (Å²) in [5, 5.41) is 7.05. The number of rotatable bonds is 8. The number of carbonyl (C=O) groups excluding carboxylic acids is 1. The van der Waals surface area contributed by atoms with Gasteiger partial charge in [-0.05, 0) is 55.0 Å². The van der Waals surface area contributed by atoms with Gasteiger partial charge in [-0.15, -0.1) is 0 Å². The Balaban J connectivity index is 1.28. The molecule has 212 valence electrons. The highest BCUT2D eigenvalue weighted by atomic mass is 19.1. The van der Waals surface area contributed by atoms with E-state index in [2.05, 4.69) is 20.6 Å². The van der Waals surface area contributed by atoms with Crippen molar-refractivity contribution >= 4 is 28.4 Å². The molecule has 0 bridgehead atoms. The van der Waals surface area contributed by atoms with Crippen LogP contribution in [0.5, 0.6) is 5.75 Å². The average molecular weight is 567 g/mol. The summed E-state index contributed by atoms with van der Waals surface area (Å²) in [7, 11) is 0. The molecule has 5 aromatic rings. The van der Waals surface area contributed by atoms with Gasteiger partial charge in [0.15, 0.2) is 5.78 Å². The summed E-state index contributed by atoms with van der Waals surface area (Å²) in [4.78, 5) is 34.3. The number of para-hydroxylation sites is 1. The van der Waals surface area contributed by atoms with Gasteiger partial charge in [-0.2, -0.15) is 0 Å². The van der Waals surface area contributed by atoms with Gasteiger partial charge in [0.25, 0.3) is 0 Å². The molecule has 1 saturated heterocycles. The number of ether oxygens (including phenoxy) is 2. The Hall–Kier alpha value is -4.93. The van der Waals surface area contributed by atoms with Crippen LogP contribution in [0.2, 0.25) is 0 Å². The predicted molar refractivity (Wildman–Crippen MR) is 156 cm³/mol. The highest BCUT2D eigenvalue weighted by molar-refractivity contribution is 6.00. The van der Waals surface area contributed by atoms with Crippen LogP contribution < -0.4 is 21.0 Å². The summed E-state index contributed by atoms with van der Waals surface area (Å²) >= 11 is 0. The van der Waals surface area contributed by atoms with E-state index < -0.39 is 11.7 Å². The molecule has 3 heterocycles. The lowest BCUT2D eigenvalue weighted by Crippen LogP contribution is -2.35. The topological polar surface area (TPSA) is 116 Å². The van der Waals surface area contributed by atoms with E-state index >= 15 is 0 Å². The van der Waals surface area contributed by atoms with E-state index in [9.17, 15) is 14.0 Å². The quantitative estimate of drug-likeness (QED) is 0.184. The number of nitrogens with zero attached hydrogens (tertiary/aromatic N) is 2. The van der Waals surface area contributed by atoms with E-state index in [0.29, 0.717) is 59.3 Å². The van der Waals surface area contributed by atoms with Gasteiger partial charge in [0, 0.05) is 47.6 Å². The zero-order chi connectivity index (χ0) is 29.1. The van der Waals surface area contributed by atoms with Crippen LogP contribution in [0, 0.1) is 5.82 Å². The molecule has 42 heavy (non-hydrogen) atoms. The number of Topliss-reactive ketones (excluding diaryl/α,β-unsaturated/α-hetero) is 1. The first-order valence-corrected chi connectivity index (χ1v) is 13.5. The largest absolute Gasteiger partial charge is 0.488 e. The van der Waals surface area contributed by atoms with E-state index in [4.69, 9.17) is 13.9 Å². The second-order valence-corrected chi connectivity index (χ2v) is 9.81. The maximum absolute atomic E-state index is 13.3. The SMILES string of the molecule is CC(=O)c1c(C2CNCCO2)c2ccc(Nc3nccc(-c4ccccc4OCc4ccc(F)cc4)n3)cc2oc1=O. The number of anilines is 2. The highest BCUT2D eigenvalue weighted by Crippen LogP contribution is 2.33. The van der Waals surface area contributed by atoms with Gasteiger partial charge in [-0.1, -0.05) is 24.3 Å². The van der Waals surface area contributed by atoms with Crippen LogP contribution in [0.15, 0.2) is 88.2 Å². The van der Waals surface area contributed by atoms with Crippen molar-refractivity contribution < 1.29 is 23.1 Å². The molecule has 0 amide bonds. The summed E-state index contributed by atoms with van der Waals surface area (Å²) in [6, 6.07) is 20.7. The Kier molecular flexibility index (Phi) is 7.72. The van der Waals surface area contributed by atoms with Gasteiger partial charge in [0.05, 0.1) is 18.4 Å². The number of morpholine rings is 1. The highest BCUT2D eigenvalue weighted by Gasteiger charge is 2.27. The Bertz CT molecular complexity index is 1820. The van der Waals surface area contributed by atoms with Crippen molar-refractivity contribution in [2.75, 3.05) is 25.0 Å². The maximum Gasteiger partial charge on any atom is 0.347 e. The van der Waals surface area contributed by atoms with Gasteiger partial charge in [-0.3, -0.25) is 4.79 Å². The molecule has 1 aliphatic rings. The van der Waals surface area contributed by atoms with Gasteiger partial charge < -0.3 is 24.5 Å². The monoisotopic (exact) mass is 566 g/mol. The standard InChI is InChI=1S/C32H27FN4O5/c1-19(38)29-30(28-17-34-14-15-40-28)24-11-10-22(16-27(24)42-31(29)39)36-32-35-13-12-25(37-32)23-4-2-3-5-26(23)41-18-20-6-8-21(33)9-7-20/h2-13,16,28,34H,14-15,17-18H2,1H3,(H,35,36,37). The molecule has 3 aromatic carbocycles. The van der Waals surface area contributed by atoms with E-state index in [1.165, 1.54) is 19.1 Å². The van der Waals surface area contributed by atoms with Crippen molar-refractivity contribution in [2.24, 2.45) is 0 Å². The van der Waals surface area contributed by atoms with Gasteiger partial charge in [-0.25, -0.2) is 19.2 Å². The summed E-state index contributed by atoms with van der Waals surface area (Å²) in [5.41, 5.74) is 2.97. The Labute approximate surface area is 240 Å². The van der Waals surface area contributed by atoms with Crippen molar-refractivity contribution in [1.29, 1.82) is 0 Å². The van der Waals surface area contributed by atoms with Gasteiger partial charge in [0.2, 0.25) is 5.95 Å². The van der Waals surface area contributed by atoms with Gasteiger partial charge in [0.1, 0.15) is 29.3 Å². The maximum atomic E-state index is 13.3. The molecule has 1 unspecified atom stereocenters. The van der Waals surface area contributed by atoms with Crippen LogP contribution in [0.3, 0.4) is 0 Å². The third-order valence-electron chi connectivity index (χ3n) is 6.93. The third-order valence-corrected chi connectivity index (χ3v) is 6.93. The fraction of sp³-hybridized carbons (Fsp3) is 0.188. The molecule has 0 spiro atoms. The molecule has 2 aromatic heterocycles. The lowest BCUT2D eigenvalue weighted by Gasteiger charge is -2.26. The second kappa shape index (κ2) is 11.9. The lowest BCUT2D eigenvalue weighted by atomic mass is 9.96. The molecule has 9 nitrogen and oxygen atoms in total. The number of halogens is 1. The van der Waals surface area contributed by atoms with E-state index in [1.807, 2.05) is 30.3 Å². The van der Waals surface area contributed by atoms with Crippen molar-refractivity contribution in [2.45, 2.75) is 19.6 Å². The number of carbonyl (C=O) groups is 1. The Morgan fingerprint density at radius 3 is 2.74 bits per heavy atom. The molecular formula is C32H27FN4O5. The zero-order valence-electron chi connectivity index (χ0n) is 22.7. The molecule has 1 aliphatic heterocycles. The summed E-state index contributed by atoms with van der Waals surface area (Å²) in [5.74, 6) is 0.268. The number of aromatic nitrogens is 2. The molecule has 1 atom stereocenters. The minimum Gasteiger partial charge on any atom is -0.488 e. The minimum absolute atomic E-state index is 0.00764. The van der Waals surface area contributed by atoms with Gasteiger partial charge >= 0.3 is 5.63 Å². The number of benzene rings is 3. The van der Waals surface area contributed by atoms with Crippen LogP contribution in [0.4, 0.5) is 16.0 Å². The number of hydrogen-bond donors (Lipinski definition) is 2. The van der Waals surface area contributed by atoms with Crippen molar-refractivity contribution in [3.63, 3.8) is 0 Å². The Morgan fingerprint density at radius 2 is 1.95 bits per heavy atom. The Morgan fingerprint density at radius 1 is 1.12 bits per heavy atom. The second-order valence-electron chi connectivity index (χ2n) is 9.81. The number of hydrogen-bond acceptors (Lipinski definition) is 9. The fourth-order valence-corrected chi connectivity index (χ4v) is 4.97. The fourth-order valence-electron chi connectivity index (χ4n) is 4.97. The van der Waals surface area contributed by atoms with E-state index in [-0.39, 0.29) is 23.8 Å². The summed E-state index contributed by atoms with van der Waals surface area (Å²) in [6.07, 6.45) is 1.18. The number of fused-ring (bicyclic) bond motifs is 1. The third kappa shape index (κ3) is 5.76. The molecular weight excluding hydrogens is 539 g/mol. The number of nitrogens with one attached hydrogen (secondary N) is 2. The van der Waals surface area contributed by atoms with Crippen LogP contribution >= 0.6 is 0 Å². The van der Waals surface area contributed by atoms with Crippen molar-refractivity contribution in [3.8, 4) is 17.0 Å². The van der Waals surface area contributed by atoms with Crippen LogP contribution in [0.1, 0.15) is 34.5 Å². The molecule has 10 heteroatoms. The minimum atomic E-state index is -0.702. The predicted octanol–water partition coefficient (Wildman–Crippen LogP) is 5.58. The molecule has 0 aliphatic carbocycles. The van der Waals surface area contributed by atoms with E-state index in [1.54, 1.807) is 36.5 Å². The molecule has 0 saturated carbocycles. The summed E-state index contributed by atoms with van der Waals surface area (Å²) < 4.78 is 30.8. The molecule has 6 rings (SSSR count). The first-order chi connectivity index (χ1) is 20.5. The zero-order valence-corrected chi connectivity index (χ0v) is 22.7.